The zero-order valence-electron chi connectivity index (χ0n) is 16.0. The summed E-state index contributed by atoms with van der Waals surface area (Å²) in [5, 5.41) is 4.48. The second-order valence-electron chi connectivity index (χ2n) is 8.49. The average Bonchev–Trinajstić information content (AvgIpc) is 2.80. The first-order chi connectivity index (χ1) is 12.2. The molecule has 0 radical (unpaired) electrons. The minimum absolute atomic E-state index is 0.128. The van der Waals surface area contributed by atoms with Crippen LogP contribution in [-0.2, 0) is 22.2 Å². The van der Waals surface area contributed by atoms with Crippen LogP contribution in [0.25, 0.3) is 0 Å². The molecule has 2 aliphatic heterocycles. The zero-order chi connectivity index (χ0) is 18.9. The van der Waals surface area contributed by atoms with Gasteiger partial charge in [-0.25, -0.2) is 4.68 Å². The van der Waals surface area contributed by atoms with E-state index in [0.29, 0.717) is 32.7 Å². The van der Waals surface area contributed by atoms with Gasteiger partial charge in [0.25, 0.3) is 15.8 Å². The van der Waals surface area contributed by atoms with Gasteiger partial charge in [-0.3, -0.25) is 4.79 Å². The highest BCUT2D eigenvalue weighted by atomic mass is 32.2. The van der Waals surface area contributed by atoms with E-state index in [4.69, 9.17) is 0 Å². The standard InChI is InChI=1S/C18H30N4O3S/c1-18(2,3)16-8-9-17(23)22(19-16)14-15-12-21(13-15)26(24,25)20-10-6-4-5-7-11-20/h8-9,15H,4-7,10-14H2,1-3H3. The first-order valence-corrected chi connectivity index (χ1v) is 10.9. The van der Waals surface area contributed by atoms with Crippen molar-refractivity contribution >= 4 is 10.2 Å². The fourth-order valence-electron chi connectivity index (χ4n) is 3.49. The molecule has 0 bridgehead atoms. The summed E-state index contributed by atoms with van der Waals surface area (Å²) in [4.78, 5) is 12.1. The number of nitrogens with zero attached hydrogens (tertiary/aromatic N) is 4. The third-order valence-corrected chi connectivity index (χ3v) is 7.18. The van der Waals surface area contributed by atoms with Crippen LogP contribution in [0.3, 0.4) is 0 Å². The molecule has 2 fully saturated rings. The van der Waals surface area contributed by atoms with Crippen LogP contribution in [-0.4, -0.2) is 53.0 Å². The average molecular weight is 383 g/mol. The van der Waals surface area contributed by atoms with E-state index >= 15 is 0 Å². The lowest BCUT2D eigenvalue weighted by atomic mass is 9.92. The molecule has 7 nitrogen and oxygen atoms in total. The molecule has 3 rings (SSSR count). The molecule has 2 saturated heterocycles. The number of rotatable bonds is 4. The predicted molar refractivity (Wildman–Crippen MR) is 101 cm³/mol. The summed E-state index contributed by atoms with van der Waals surface area (Å²) >= 11 is 0. The number of hydrogen-bond acceptors (Lipinski definition) is 4. The lowest BCUT2D eigenvalue weighted by Gasteiger charge is -2.40. The molecule has 0 N–H and O–H groups in total. The number of hydrogen-bond donors (Lipinski definition) is 0. The van der Waals surface area contributed by atoms with Gasteiger partial charge in [0.1, 0.15) is 0 Å². The Hall–Kier alpha value is -1.25. The number of aromatic nitrogens is 2. The first-order valence-electron chi connectivity index (χ1n) is 9.52. The Morgan fingerprint density at radius 3 is 2.23 bits per heavy atom. The Kier molecular flexibility index (Phi) is 5.55. The van der Waals surface area contributed by atoms with Crippen molar-refractivity contribution < 1.29 is 8.42 Å². The summed E-state index contributed by atoms with van der Waals surface area (Å²) in [7, 11) is -3.36. The van der Waals surface area contributed by atoms with Crippen molar-refractivity contribution in [3.05, 3.63) is 28.2 Å². The molecule has 1 aromatic rings. The molecule has 3 heterocycles. The molecule has 0 aliphatic carbocycles. The van der Waals surface area contributed by atoms with Crippen LogP contribution in [0.4, 0.5) is 0 Å². The van der Waals surface area contributed by atoms with Crippen molar-refractivity contribution in [3.8, 4) is 0 Å². The summed E-state index contributed by atoms with van der Waals surface area (Å²) < 4.78 is 30.1. The third-order valence-electron chi connectivity index (χ3n) is 5.21. The molecule has 8 heteroatoms. The van der Waals surface area contributed by atoms with Crippen LogP contribution in [0, 0.1) is 5.92 Å². The van der Waals surface area contributed by atoms with Crippen molar-refractivity contribution in [1.29, 1.82) is 0 Å². The summed E-state index contributed by atoms with van der Waals surface area (Å²) in [5.41, 5.74) is 0.606. The maximum absolute atomic E-state index is 12.7. The Balaban J connectivity index is 1.63. The van der Waals surface area contributed by atoms with Gasteiger partial charge in [0.15, 0.2) is 0 Å². The highest BCUT2D eigenvalue weighted by molar-refractivity contribution is 7.86. The van der Waals surface area contributed by atoms with Crippen LogP contribution < -0.4 is 5.56 Å². The van der Waals surface area contributed by atoms with Crippen LogP contribution in [0.1, 0.15) is 52.1 Å². The molecule has 0 atom stereocenters. The van der Waals surface area contributed by atoms with E-state index in [1.165, 1.54) is 4.68 Å². The predicted octanol–water partition coefficient (Wildman–Crippen LogP) is 1.59. The maximum atomic E-state index is 12.7. The molecule has 1 aromatic heterocycles. The van der Waals surface area contributed by atoms with Crippen LogP contribution in [0.5, 0.6) is 0 Å². The Labute approximate surface area is 156 Å². The summed E-state index contributed by atoms with van der Waals surface area (Å²) in [6, 6.07) is 3.33. The van der Waals surface area contributed by atoms with Gasteiger partial charge in [-0.15, -0.1) is 0 Å². The van der Waals surface area contributed by atoms with E-state index in [2.05, 4.69) is 25.9 Å². The van der Waals surface area contributed by atoms with E-state index in [0.717, 1.165) is 31.4 Å². The topological polar surface area (TPSA) is 75.5 Å². The molecule has 0 amide bonds. The summed E-state index contributed by atoms with van der Waals surface area (Å²) in [6.07, 6.45) is 4.09. The van der Waals surface area contributed by atoms with Crippen molar-refractivity contribution in [2.45, 2.75) is 58.4 Å². The van der Waals surface area contributed by atoms with Crippen molar-refractivity contribution in [3.63, 3.8) is 0 Å². The molecule has 2 aliphatic rings. The van der Waals surface area contributed by atoms with Crippen molar-refractivity contribution in [1.82, 2.24) is 18.4 Å². The fourth-order valence-corrected chi connectivity index (χ4v) is 5.33. The minimum atomic E-state index is -3.36. The van der Waals surface area contributed by atoms with Gasteiger partial charge in [-0.2, -0.15) is 22.1 Å². The zero-order valence-corrected chi connectivity index (χ0v) is 16.8. The summed E-state index contributed by atoms with van der Waals surface area (Å²) in [6.45, 7) is 8.82. The van der Waals surface area contributed by atoms with Crippen LogP contribution in [0.2, 0.25) is 0 Å². The Bertz CT molecular complexity index is 783. The van der Waals surface area contributed by atoms with Crippen molar-refractivity contribution in [2.24, 2.45) is 5.92 Å². The van der Waals surface area contributed by atoms with Gasteiger partial charge >= 0.3 is 0 Å². The second kappa shape index (κ2) is 7.40. The van der Waals surface area contributed by atoms with E-state index in [-0.39, 0.29) is 16.9 Å². The summed E-state index contributed by atoms with van der Waals surface area (Å²) in [5.74, 6) is 0.136. The monoisotopic (exact) mass is 382 g/mol. The SMILES string of the molecule is CC(C)(C)c1ccc(=O)n(CC2CN(S(=O)(=O)N3CCCCCC3)C2)n1. The van der Waals surface area contributed by atoms with Crippen molar-refractivity contribution in [2.75, 3.05) is 26.2 Å². The molecular weight excluding hydrogens is 352 g/mol. The molecule has 26 heavy (non-hydrogen) atoms. The van der Waals surface area contributed by atoms with Crippen LogP contribution >= 0.6 is 0 Å². The normalized spacial score (nSPS) is 21.3. The van der Waals surface area contributed by atoms with Gasteiger partial charge < -0.3 is 0 Å². The first kappa shape index (κ1) is 19.5. The highest BCUT2D eigenvalue weighted by Gasteiger charge is 2.39. The Morgan fingerprint density at radius 1 is 1.04 bits per heavy atom. The molecule has 0 saturated carbocycles. The smallest absolute Gasteiger partial charge is 0.268 e. The molecule has 0 unspecified atom stereocenters. The Morgan fingerprint density at radius 2 is 1.65 bits per heavy atom. The molecular formula is C18H30N4O3S. The van der Waals surface area contributed by atoms with E-state index in [1.54, 1.807) is 20.7 Å². The van der Waals surface area contributed by atoms with Gasteiger partial charge in [0.2, 0.25) is 0 Å². The van der Waals surface area contributed by atoms with Gasteiger partial charge in [-0.05, 0) is 18.9 Å². The van der Waals surface area contributed by atoms with E-state index in [9.17, 15) is 13.2 Å². The lowest BCUT2D eigenvalue weighted by molar-refractivity contribution is 0.160. The van der Waals surface area contributed by atoms with E-state index < -0.39 is 10.2 Å². The second-order valence-corrected chi connectivity index (χ2v) is 10.4. The maximum Gasteiger partial charge on any atom is 0.281 e. The molecule has 0 aromatic carbocycles. The quantitative estimate of drug-likeness (QED) is 0.793. The lowest BCUT2D eigenvalue weighted by Crippen LogP contribution is -2.56. The van der Waals surface area contributed by atoms with Crippen LogP contribution in [0.15, 0.2) is 16.9 Å². The fraction of sp³-hybridized carbons (Fsp3) is 0.778. The van der Waals surface area contributed by atoms with Gasteiger partial charge in [0, 0.05) is 43.6 Å². The van der Waals surface area contributed by atoms with Gasteiger partial charge in [0.05, 0.1) is 12.2 Å². The van der Waals surface area contributed by atoms with Gasteiger partial charge in [-0.1, -0.05) is 33.6 Å². The van der Waals surface area contributed by atoms with E-state index in [1.807, 2.05) is 0 Å². The molecule has 146 valence electrons. The minimum Gasteiger partial charge on any atom is -0.268 e. The largest absolute Gasteiger partial charge is 0.281 e. The highest BCUT2D eigenvalue weighted by Crippen LogP contribution is 2.25. The third kappa shape index (κ3) is 4.18. The molecule has 0 spiro atoms.